The van der Waals surface area contributed by atoms with Crippen molar-refractivity contribution in [3.05, 3.63) is 95.1 Å². The first-order valence-electron chi connectivity index (χ1n) is 15.8. The van der Waals surface area contributed by atoms with Gasteiger partial charge in [-0.3, -0.25) is 9.78 Å². The second kappa shape index (κ2) is 16.7. The van der Waals surface area contributed by atoms with Crippen molar-refractivity contribution in [3.63, 3.8) is 0 Å². The van der Waals surface area contributed by atoms with Crippen LogP contribution in [0.1, 0.15) is 35.4 Å². The summed E-state index contributed by atoms with van der Waals surface area (Å²) in [7, 11) is 1.61. The van der Waals surface area contributed by atoms with Gasteiger partial charge in [-0.1, -0.05) is 24.3 Å². The van der Waals surface area contributed by atoms with Crippen LogP contribution in [0.2, 0.25) is 0 Å². The number of amides is 2. The molecule has 0 radical (unpaired) electrons. The zero-order valence-electron chi connectivity index (χ0n) is 26.1. The number of nitrogens with one attached hydrogen (secondary N) is 4. The highest BCUT2D eigenvalue weighted by Gasteiger charge is 2.31. The summed E-state index contributed by atoms with van der Waals surface area (Å²) < 4.78 is 59.5. The first-order chi connectivity index (χ1) is 22.8. The molecule has 2 aliphatic heterocycles. The fourth-order valence-corrected chi connectivity index (χ4v) is 5.94. The Hall–Kier alpha value is -4.04. The number of benzene rings is 2. The molecule has 4 N–H and O–H groups in total. The van der Waals surface area contributed by atoms with Gasteiger partial charge in [0, 0.05) is 43.6 Å². The second-order valence-corrected chi connectivity index (χ2v) is 11.8. The zero-order chi connectivity index (χ0) is 33.2. The number of ether oxygens (including phenoxy) is 3. The molecule has 1 aromatic heterocycles. The van der Waals surface area contributed by atoms with Crippen molar-refractivity contribution in [3.8, 4) is 0 Å². The van der Waals surface area contributed by atoms with Gasteiger partial charge in [0.15, 0.2) is 0 Å². The maximum absolute atomic E-state index is 15.1. The van der Waals surface area contributed by atoms with Crippen molar-refractivity contribution < 1.29 is 37.0 Å². The molecule has 2 amide bonds. The van der Waals surface area contributed by atoms with E-state index >= 15 is 4.39 Å². The van der Waals surface area contributed by atoms with Gasteiger partial charge < -0.3 is 35.5 Å². The van der Waals surface area contributed by atoms with Crippen molar-refractivity contribution in [1.29, 1.82) is 0 Å². The van der Waals surface area contributed by atoms with Crippen molar-refractivity contribution in [1.82, 2.24) is 20.9 Å². The van der Waals surface area contributed by atoms with Crippen LogP contribution in [0.15, 0.2) is 60.9 Å². The predicted molar refractivity (Wildman–Crippen MR) is 168 cm³/mol. The minimum Gasteiger partial charge on any atom is -0.447 e. The Balaban J connectivity index is 1.21. The van der Waals surface area contributed by atoms with Crippen LogP contribution in [0.3, 0.4) is 0 Å². The van der Waals surface area contributed by atoms with E-state index in [0.717, 1.165) is 12.6 Å². The van der Waals surface area contributed by atoms with Gasteiger partial charge >= 0.3 is 6.09 Å². The number of nitrogens with zero attached hydrogens (tertiary/aromatic N) is 1. The standard InChI is InChI=1S/C34H40F3N5O5/c1-38-32(31(22-2-6-24(35)7-3-22)23-4-8-25(36)9-5-23)33(43)42-30-18-40-17-29(37)28(30)11-10-26-15-39-16-27(47-26)20-46-34(44)41-14-21-12-13-45-19-21/h2-9,17-18,21,26-27,31-32,38-39H,10-16,19-20H2,1H3,(H,41,44)(H,42,43)/t21?,26-,27+,32?/m1/s1. The molecule has 47 heavy (non-hydrogen) atoms. The number of rotatable bonds is 13. The lowest BCUT2D eigenvalue weighted by molar-refractivity contribution is -0.118. The number of alkyl carbamates (subject to hydrolysis) is 1. The normalized spacial score (nSPS) is 20.1. The van der Waals surface area contributed by atoms with Crippen LogP contribution in [0.4, 0.5) is 23.7 Å². The van der Waals surface area contributed by atoms with Gasteiger partial charge in [0.2, 0.25) is 5.91 Å². The summed E-state index contributed by atoms with van der Waals surface area (Å²) in [6.45, 7) is 2.92. The molecule has 0 bridgehead atoms. The van der Waals surface area contributed by atoms with Crippen LogP contribution in [0.5, 0.6) is 0 Å². The number of pyridine rings is 1. The number of morpholine rings is 1. The molecule has 0 saturated carbocycles. The minimum atomic E-state index is -0.891. The van der Waals surface area contributed by atoms with Crippen molar-refractivity contribution in [2.45, 2.75) is 43.4 Å². The topological polar surface area (TPSA) is 123 Å². The summed E-state index contributed by atoms with van der Waals surface area (Å²) >= 11 is 0. The average Bonchev–Trinajstić information content (AvgIpc) is 3.60. The van der Waals surface area contributed by atoms with Crippen LogP contribution in [-0.2, 0) is 25.4 Å². The quantitative estimate of drug-likeness (QED) is 0.219. The molecule has 3 aromatic rings. The molecule has 0 aliphatic carbocycles. The third-order valence-corrected chi connectivity index (χ3v) is 8.45. The summed E-state index contributed by atoms with van der Waals surface area (Å²) in [5.41, 5.74) is 1.73. The van der Waals surface area contributed by atoms with E-state index in [1.807, 2.05) is 0 Å². The SMILES string of the molecule is CNC(C(=O)Nc1cncc(F)c1CC[C@@H]1CNC[C@@H](COC(=O)NCC2CCOC2)O1)C(c1ccc(F)cc1)c1ccc(F)cc1. The van der Waals surface area contributed by atoms with Gasteiger partial charge in [-0.15, -0.1) is 0 Å². The first-order valence-corrected chi connectivity index (χ1v) is 15.8. The fraction of sp³-hybridized carbons (Fsp3) is 0.441. The summed E-state index contributed by atoms with van der Waals surface area (Å²) in [5, 5.41) is 11.9. The van der Waals surface area contributed by atoms with E-state index in [1.165, 1.54) is 30.5 Å². The number of anilines is 1. The zero-order valence-corrected chi connectivity index (χ0v) is 26.1. The first kappa shape index (κ1) is 34.3. The molecule has 252 valence electrons. The Morgan fingerprint density at radius 2 is 1.68 bits per heavy atom. The number of carbonyl (C=O) groups is 2. The van der Waals surface area contributed by atoms with Crippen molar-refractivity contribution >= 4 is 17.7 Å². The molecule has 2 fully saturated rings. The molecule has 4 atom stereocenters. The molecule has 5 rings (SSSR count). The smallest absolute Gasteiger partial charge is 0.407 e. The van der Waals surface area contributed by atoms with E-state index in [9.17, 15) is 18.4 Å². The summed E-state index contributed by atoms with van der Waals surface area (Å²) in [4.78, 5) is 29.9. The molecule has 2 aromatic carbocycles. The van der Waals surface area contributed by atoms with E-state index in [-0.39, 0.29) is 42.4 Å². The lowest BCUT2D eigenvalue weighted by Crippen LogP contribution is -2.47. The van der Waals surface area contributed by atoms with Gasteiger partial charge in [0.25, 0.3) is 0 Å². The average molecular weight is 656 g/mol. The Kier molecular flexibility index (Phi) is 12.2. The number of aromatic nitrogens is 1. The number of likely N-dealkylation sites (N-methyl/N-ethyl adjacent to an activating group) is 1. The van der Waals surface area contributed by atoms with Gasteiger partial charge in [-0.2, -0.15) is 0 Å². The maximum atomic E-state index is 15.1. The maximum Gasteiger partial charge on any atom is 0.407 e. The number of hydrogen-bond acceptors (Lipinski definition) is 8. The van der Waals surface area contributed by atoms with Crippen LogP contribution in [0.25, 0.3) is 0 Å². The molecule has 0 spiro atoms. The highest BCUT2D eigenvalue weighted by molar-refractivity contribution is 5.96. The van der Waals surface area contributed by atoms with E-state index in [2.05, 4.69) is 26.3 Å². The summed E-state index contributed by atoms with van der Waals surface area (Å²) in [5.74, 6) is -2.25. The highest BCUT2D eigenvalue weighted by Crippen LogP contribution is 2.30. The molecule has 3 heterocycles. The Morgan fingerprint density at radius 1 is 1.00 bits per heavy atom. The largest absolute Gasteiger partial charge is 0.447 e. The minimum absolute atomic E-state index is 0.0656. The number of hydrogen-bond donors (Lipinski definition) is 4. The third-order valence-electron chi connectivity index (χ3n) is 8.45. The Labute approximate surface area is 271 Å². The molecular formula is C34H40F3N5O5. The lowest BCUT2D eigenvalue weighted by Gasteiger charge is -2.31. The van der Waals surface area contributed by atoms with E-state index in [0.29, 0.717) is 50.4 Å². The second-order valence-electron chi connectivity index (χ2n) is 11.8. The van der Waals surface area contributed by atoms with E-state index in [1.54, 1.807) is 31.3 Å². The Morgan fingerprint density at radius 3 is 2.32 bits per heavy atom. The molecule has 13 heteroatoms. The number of carbonyl (C=O) groups excluding carboxylic acids is 2. The van der Waals surface area contributed by atoms with Crippen LogP contribution in [-0.4, -0.2) is 81.7 Å². The van der Waals surface area contributed by atoms with Crippen molar-refractivity contribution in [2.75, 3.05) is 51.8 Å². The van der Waals surface area contributed by atoms with Crippen LogP contribution in [0, 0.1) is 23.4 Å². The van der Waals surface area contributed by atoms with Crippen molar-refractivity contribution in [2.24, 2.45) is 5.92 Å². The van der Waals surface area contributed by atoms with E-state index in [4.69, 9.17) is 14.2 Å². The third kappa shape index (κ3) is 9.50. The van der Waals surface area contributed by atoms with Gasteiger partial charge in [-0.05, 0) is 61.7 Å². The van der Waals surface area contributed by atoms with Gasteiger partial charge in [0.05, 0.1) is 36.8 Å². The molecule has 2 saturated heterocycles. The fourth-order valence-electron chi connectivity index (χ4n) is 5.94. The number of halogens is 3. The lowest BCUT2D eigenvalue weighted by atomic mass is 9.84. The molecule has 2 unspecified atom stereocenters. The van der Waals surface area contributed by atoms with Crippen LogP contribution >= 0.6 is 0 Å². The summed E-state index contributed by atoms with van der Waals surface area (Å²) in [6.07, 6.45) is 2.86. The van der Waals surface area contributed by atoms with Crippen LogP contribution < -0.4 is 21.3 Å². The molecule has 10 nitrogen and oxygen atoms in total. The van der Waals surface area contributed by atoms with E-state index < -0.39 is 41.4 Å². The Bertz CT molecular complexity index is 1430. The monoisotopic (exact) mass is 655 g/mol. The highest BCUT2D eigenvalue weighted by atomic mass is 19.1. The predicted octanol–water partition coefficient (Wildman–Crippen LogP) is 3.91. The molecular weight excluding hydrogens is 615 g/mol. The van der Waals surface area contributed by atoms with Gasteiger partial charge in [0.1, 0.15) is 30.2 Å². The molecule has 2 aliphatic rings. The summed E-state index contributed by atoms with van der Waals surface area (Å²) in [6, 6.07) is 10.6. The van der Waals surface area contributed by atoms with Gasteiger partial charge in [-0.25, -0.2) is 18.0 Å².